The van der Waals surface area contributed by atoms with Crippen LogP contribution in [0.1, 0.15) is 33.6 Å². The van der Waals surface area contributed by atoms with Crippen LogP contribution in [0.5, 0.6) is 5.88 Å². The second-order valence-corrected chi connectivity index (χ2v) is 16.2. The van der Waals surface area contributed by atoms with Crippen molar-refractivity contribution in [3.8, 4) is 29.7 Å². The van der Waals surface area contributed by atoms with Crippen LogP contribution in [0.3, 0.4) is 0 Å². The second-order valence-electron chi connectivity index (χ2n) is 11.4. The summed E-state index contributed by atoms with van der Waals surface area (Å²) in [6.45, 7) is 13.3. The molecule has 200 valence electrons. The van der Waals surface area contributed by atoms with Gasteiger partial charge in [0.1, 0.15) is 29.7 Å². The van der Waals surface area contributed by atoms with Crippen LogP contribution in [-0.4, -0.2) is 59.7 Å². The maximum absolute atomic E-state index is 6.60. The highest BCUT2D eigenvalue weighted by Crippen LogP contribution is 2.39. The van der Waals surface area contributed by atoms with E-state index in [9.17, 15) is 0 Å². The molecule has 0 aromatic carbocycles. The van der Waals surface area contributed by atoms with Gasteiger partial charge in [-0.05, 0) is 49.2 Å². The zero-order chi connectivity index (χ0) is 27.1. The zero-order valence-corrected chi connectivity index (χ0v) is 23.8. The molecule has 0 saturated carbocycles. The van der Waals surface area contributed by atoms with Crippen molar-refractivity contribution in [2.45, 2.75) is 63.8 Å². The Balaban J connectivity index is 1.43. The van der Waals surface area contributed by atoms with Crippen LogP contribution in [0.15, 0.2) is 41.1 Å². The predicted octanol–water partition coefficient (Wildman–Crippen LogP) is 4.87. The van der Waals surface area contributed by atoms with Crippen LogP contribution in [-0.2, 0) is 4.43 Å². The average molecular weight is 533 g/mol. The molecule has 4 aromatic heterocycles. The number of furan rings is 1. The van der Waals surface area contributed by atoms with E-state index < -0.39 is 14.4 Å². The van der Waals surface area contributed by atoms with Gasteiger partial charge in [0.25, 0.3) is 0 Å². The number of anilines is 1. The van der Waals surface area contributed by atoms with Gasteiger partial charge in [-0.2, -0.15) is 0 Å². The topological polar surface area (TPSA) is 104 Å². The Morgan fingerprint density at radius 2 is 2.08 bits per heavy atom. The van der Waals surface area contributed by atoms with Crippen molar-refractivity contribution in [2.75, 3.05) is 24.7 Å². The molecule has 10 heteroatoms. The van der Waals surface area contributed by atoms with E-state index >= 15 is 0 Å². The molecular weight excluding hydrogens is 496 g/mol. The molecule has 1 fully saturated rings. The van der Waals surface area contributed by atoms with E-state index in [0.717, 1.165) is 36.2 Å². The van der Waals surface area contributed by atoms with E-state index in [-0.39, 0.29) is 17.7 Å². The Labute approximate surface area is 224 Å². The fourth-order valence-corrected chi connectivity index (χ4v) is 5.48. The van der Waals surface area contributed by atoms with Gasteiger partial charge in [0, 0.05) is 18.8 Å². The quantitative estimate of drug-likeness (QED) is 0.253. The highest BCUT2D eigenvalue weighted by molar-refractivity contribution is 6.74. The normalized spacial score (nSPS) is 17.3. The number of nitrogens with zero attached hydrogens (tertiary/aromatic N) is 5. The first-order chi connectivity index (χ1) is 18.1. The lowest BCUT2D eigenvalue weighted by Gasteiger charge is -2.38. The molecule has 5 heterocycles. The van der Waals surface area contributed by atoms with Crippen molar-refractivity contribution in [3.63, 3.8) is 0 Å². The zero-order valence-electron chi connectivity index (χ0n) is 22.8. The minimum Gasteiger partial charge on any atom is -0.474 e. The van der Waals surface area contributed by atoms with Crippen molar-refractivity contribution in [1.29, 1.82) is 0 Å². The number of pyridine rings is 1. The number of nitrogens with two attached hydrogens (primary N) is 1. The Bertz CT molecular complexity index is 1480. The molecule has 0 bridgehead atoms. The maximum atomic E-state index is 6.60. The third kappa shape index (κ3) is 5.01. The lowest BCUT2D eigenvalue weighted by atomic mass is 10.2. The summed E-state index contributed by atoms with van der Waals surface area (Å²) in [6.07, 6.45) is 11.1. The third-order valence-electron chi connectivity index (χ3n) is 7.73. The van der Waals surface area contributed by atoms with Crippen molar-refractivity contribution >= 4 is 30.8 Å². The Hall–Kier alpha value is -3.39. The Morgan fingerprint density at radius 1 is 1.26 bits per heavy atom. The molecule has 0 radical (unpaired) electrons. The summed E-state index contributed by atoms with van der Waals surface area (Å²) in [6, 6.07) is 7.28. The fraction of sp³-hybridized carbons (Fsp3) is 0.464. The first-order valence-electron chi connectivity index (χ1n) is 13.1. The van der Waals surface area contributed by atoms with Crippen LogP contribution in [0.25, 0.3) is 28.1 Å². The highest BCUT2D eigenvalue weighted by atomic mass is 28.4. The molecule has 1 aliphatic rings. The number of imidazole rings is 1. The molecule has 0 spiro atoms. The van der Waals surface area contributed by atoms with E-state index in [1.165, 1.54) is 0 Å². The summed E-state index contributed by atoms with van der Waals surface area (Å²) < 4.78 is 20.3. The minimum atomic E-state index is -1.84. The van der Waals surface area contributed by atoms with Gasteiger partial charge in [-0.1, -0.05) is 26.7 Å². The number of hydrogen-bond donors (Lipinski definition) is 1. The number of ether oxygens (including phenoxy) is 1. The molecule has 5 rings (SSSR count). The number of fused-ring (bicyclic) bond motifs is 2. The predicted molar refractivity (Wildman–Crippen MR) is 152 cm³/mol. The van der Waals surface area contributed by atoms with Gasteiger partial charge < -0.3 is 24.2 Å². The SMILES string of the molecule is C#C[C@H](N)COc1ccc2ncc(-c3cc4c(N5CCC[C@@H]5CO[Si](C)(C)C(C)(C)C)nccc4o3)n2n1. The monoisotopic (exact) mass is 532 g/mol. The molecule has 0 amide bonds. The van der Waals surface area contributed by atoms with E-state index in [2.05, 4.69) is 54.8 Å². The molecule has 1 aliphatic heterocycles. The van der Waals surface area contributed by atoms with Gasteiger partial charge >= 0.3 is 0 Å². The van der Waals surface area contributed by atoms with Crippen molar-refractivity contribution in [2.24, 2.45) is 5.73 Å². The second kappa shape index (κ2) is 10.1. The Morgan fingerprint density at radius 3 is 2.84 bits per heavy atom. The fourth-order valence-electron chi connectivity index (χ4n) is 4.44. The first kappa shape index (κ1) is 26.2. The van der Waals surface area contributed by atoms with Crippen LogP contribution < -0.4 is 15.4 Å². The van der Waals surface area contributed by atoms with Crippen LogP contribution >= 0.6 is 0 Å². The largest absolute Gasteiger partial charge is 0.474 e. The number of terminal acetylenes is 1. The first-order valence-corrected chi connectivity index (χ1v) is 16.0. The maximum Gasteiger partial charge on any atom is 0.231 e. The summed E-state index contributed by atoms with van der Waals surface area (Å²) in [7, 11) is -1.84. The van der Waals surface area contributed by atoms with Crippen molar-refractivity contribution in [3.05, 3.63) is 36.7 Å². The van der Waals surface area contributed by atoms with Gasteiger partial charge in [-0.3, -0.25) is 0 Å². The van der Waals surface area contributed by atoms with Crippen LogP contribution in [0.4, 0.5) is 5.82 Å². The molecule has 38 heavy (non-hydrogen) atoms. The molecule has 2 atom stereocenters. The van der Waals surface area contributed by atoms with Crippen molar-refractivity contribution < 1.29 is 13.6 Å². The summed E-state index contributed by atoms with van der Waals surface area (Å²) >= 11 is 0. The highest BCUT2D eigenvalue weighted by Gasteiger charge is 2.39. The lowest BCUT2D eigenvalue weighted by Crippen LogP contribution is -2.45. The molecule has 0 aliphatic carbocycles. The van der Waals surface area contributed by atoms with Crippen LogP contribution in [0.2, 0.25) is 18.1 Å². The van der Waals surface area contributed by atoms with Gasteiger partial charge in [0.05, 0.1) is 24.2 Å². The number of hydrogen-bond acceptors (Lipinski definition) is 8. The van der Waals surface area contributed by atoms with Gasteiger partial charge in [0.15, 0.2) is 19.7 Å². The summed E-state index contributed by atoms with van der Waals surface area (Å²) in [5.74, 6) is 4.43. The molecule has 9 nitrogen and oxygen atoms in total. The average Bonchev–Trinajstić information content (AvgIpc) is 3.62. The van der Waals surface area contributed by atoms with E-state index in [0.29, 0.717) is 29.6 Å². The molecule has 0 unspecified atom stereocenters. The smallest absolute Gasteiger partial charge is 0.231 e. The summed E-state index contributed by atoms with van der Waals surface area (Å²) in [5, 5.41) is 5.71. The number of rotatable bonds is 8. The third-order valence-corrected chi connectivity index (χ3v) is 12.2. The minimum absolute atomic E-state index is 0.175. The van der Waals surface area contributed by atoms with E-state index in [4.69, 9.17) is 30.7 Å². The summed E-state index contributed by atoms with van der Waals surface area (Å²) in [4.78, 5) is 11.7. The molecule has 2 N–H and O–H groups in total. The molecule has 1 saturated heterocycles. The van der Waals surface area contributed by atoms with Crippen molar-refractivity contribution in [1.82, 2.24) is 19.6 Å². The van der Waals surface area contributed by atoms with Gasteiger partial charge in [-0.15, -0.1) is 11.5 Å². The molecular formula is C28H36N6O3Si. The van der Waals surface area contributed by atoms with Gasteiger partial charge in [-0.25, -0.2) is 14.5 Å². The standard InChI is InChI=1S/C28H36N6O3Si/c1-7-19(29)17-35-26-11-10-25-31-16-22(34(25)32-26)24-15-21-23(37-24)12-13-30-27(21)33-14-8-9-20(33)18-36-38(5,6)28(2,3)4/h1,10-13,15-16,19-20H,8-9,14,17-18,29H2,2-6H3/t19-,20+/m0/s1. The van der Waals surface area contributed by atoms with Crippen LogP contribution in [0, 0.1) is 12.3 Å². The lowest BCUT2D eigenvalue weighted by molar-refractivity contribution is 0.263. The molecule has 4 aromatic rings. The summed E-state index contributed by atoms with van der Waals surface area (Å²) in [5.41, 5.74) is 7.93. The number of aromatic nitrogens is 4. The van der Waals surface area contributed by atoms with E-state index in [1.807, 2.05) is 24.4 Å². The van der Waals surface area contributed by atoms with E-state index in [1.54, 1.807) is 16.8 Å². The Kier molecular flexibility index (Phi) is 6.94. The van der Waals surface area contributed by atoms with Gasteiger partial charge in [0.2, 0.25) is 5.88 Å².